The summed E-state index contributed by atoms with van der Waals surface area (Å²) in [5.74, 6) is -2.62. The summed E-state index contributed by atoms with van der Waals surface area (Å²) < 4.78 is 0. The van der Waals surface area contributed by atoms with Gasteiger partial charge in [0, 0.05) is 0 Å². The number of aromatic carboxylic acids is 2. The maximum Gasteiger partial charge on any atom is 1.00 e. The summed E-state index contributed by atoms with van der Waals surface area (Å²) in [7, 11) is -2.42. The predicted molar refractivity (Wildman–Crippen MR) is 80.3 cm³/mol. The third-order valence-corrected chi connectivity index (χ3v) is 2.27. The van der Waals surface area contributed by atoms with E-state index in [1.165, 1.54) is 24.3 Å². The van der Waals surface area contributed by atoms with Gasteiger partial charge in [-0.15, -0.1) is 0 Å². The third kappa shape index (κ3) is 11.2. The van der Waals surface area contributed by atoms with Gasteiger partial charge < -0.3 is 35.5 Å². The molecule has 2 rings (SSSR count). The number of hydrogen-bond acceptors (Lipinski definition) is 7. The summed E-state index contributed by atoms with van der Waals surface area (Å²) in [5.41, 5.74) is -0.134. The zero-order valence-corrected chi connectivity index (χ0v) is 15.1. The molecule has 6 N–H and O–H groups in total. The van der Waals surface area contributed by atoms with Crippen molar-refractivity contribution in [3.05, 3.63) is 59.7 Å². The normalized spacial score (nSPS) is 8.44. The molecular weight excluding hydrogens is 346 g/mol. The number of carboxylic acid groups (broad SMARTS) is 2. The van der Waals surface area contributed by atoms with Crippen LogP contribution in [0.25, 0.3) is 0 Å². The number of aromatic hydroxyl groups is 2. The topological polar surface area (TPSA) is 179 Å². The van der Waals surface area contributed by atoms with Crippen molar-refractivity contribution in [2.75, 3.05) is 0 Å². The van der Waals surface area contributed by atoms with E-state index in [0.29, 0.717) is 0 Å². The molecule has 0 bridgehead atoms. The van der Waals surface area contributed by atoms with Gasteiger partial charge in [-0.3, -0.25) is 0 Å². The summed E-state index contributed by atoms with van der Waals surface area (Å²) in [6.45, 7) is 0. The van der Waals surface area contributed by atoms with E-state index in [4.69, 9.17) is 35.5 Å². The van der Waals surface area contributed by atoms with Crippen molar-refractivity contribution < 1.29 is 74.6 Å². The summed E-state index contributed by atoms with van der Waals surface area (Å²) in [6, 6.07) is 11.6. The van der Waals surface area contributed by atoms with Crippen LogP contribution in [-0.4, -0.2) is 49.7 Å². The molecule has 9 nitrogen and oxygen atoms in total. The Hall–Kier alpha value is -2.08. The van der Waals surface area contributed by atoms with E-state index in [0.717, 1.165) is 0 Å². The van der Waals surface area contributed by atoms with Crippen molar-refractivity contribution in [1.82, 2.24) is 0 Å². The second kappa shape index (κ2) is 13.2. The van der Waals surface area contributed by atoms with Crippen molar-refractivity contribution in [1.29, 1.82) is 0 Å². The predicted octanol–water partition coefficient (Wildman–Crippen LogP) is -3.50. The van der Waals surface area contributed by atoms with Gasteiger partial charge in [-0.25, -0.2) is 9.59 Å². The first-order valence-corrected chi connectivity index (χ1v) is 6.21. The van der Waals surface area contributed by atoms with E-state index in [1.54, 1.807) is 24.3 Å². The molecule has 0 aliphatic heterocycles. The largest absolute Gasteiger partial charge is 1.00 e. The summed E-state index contributed by atoms with van der Waals surface area (Å²) in [5, 5.41) is 57.4. The molecule has 0 fully saturated rings. The molecule has 0 aromatic heterocycles. The first kappa shape index (κ1) is 25.2. The molecule has 11 heteroatoms. The van der Waals surface area contributed by atoms with E-state index < -0.39 is 19.3 Å². The quantitative estimate of drug-likeness (QED) is 0.296. The first-order valence-electron chi connectivity index (χ1n) is 6.21. The summed E-state index contributed by atoms with van der Waals surface area (Å²) >= 11 is 0. The maximum absolute atomic E-state index is 10.3. The molecule has 0 unspecified atom stereocenters. The van der Waals surface area contributed by atoms with Gasteiger partial charge in [0.25, 0.3) is 0 Å². The Morgan fingerprint density at radius 2 is 1.00 bits per heavy atom. The third-order valence-electron chi connectivity index (χ3n) is 2.27. The monoisotopic (exact) mass is 360 g/mol. The smallest absolute Gasteiger partial charge is 0.832 e. The minimum atomic E-state index is -2.42. The van der Waals surface area contributed by atoms with Crippen LogP contribution in [0.15, 0.2) is 48.5 Å². The minimum Gasteiger partial charge on any atom is -0.832 e. The van der Waals surface area contributed by atoms with Crippen LogP contribution in [-0.2, 0) is 0 Å². The molecule has 0 heterocycles. The first-order chi connectivity index (χ1) is 11.2. The van der Waals surface area contributed by atoms with Crippen LogP contribution in [0.2, 0.25) is 0 Å². The van der Waals surface area contributed by atoms with Crippen molar-refractivity contribution in [3.63, 3.8) is 0 Å². The van der Waals surface area contributed by atoms with Crippen LogP contribution in [0.4, 0.5) is 0 Å². The van der Waals surface area contributed by atoms with Crippen LogP contribution >= 0.6 is 0 Å². The van der Waals surface area contributed by atoms with Crippen LogP contribution in [0, 0.1) is 0 Å². The fourth-order valence-corrected chi connectivity index (χ4v) is 1.31. The average molecular weight is 360 g/mol. The molecule has 0 atom stereocenters. The van der Waals surface area contributed by atoms with Crippen LogP contribution in [0.5, 0.6) is 11.5 Å². The van der Waals surface area contributed by atoms with Crippen LogP contribution in [0.1, 0.15) is 20.7 Å². The molecule has 128 valence electrons. The maximum atomic E-state index is 10.3. The van der Waals surface area contributed by atoms with Gasteiger partial charge in [-0.05, 0) is 24.3 Å². The van der Waals surface area contributed by atoms with Crippen molar-refractivity contribution in [2.24, 2.45) is 0 Å². The molecular formula is C14H14BNaO9. The van der Waals surface area contributed by atoms with Gasteiger partial charge >= 0.3 is 48.8 Å². The molecule has 0 aliphatic carbocycles. The number of hydrogen-bond donors (Lipinski definition) is 6. The van der Waals surface area contributed by atoms with Crippen LogP contribution in [0.3, 0.4) is 0 Å². The molecule has 2 aromatic carbocycles. The molecule has 25 heavy (non-hydrogen) atoms. The van der Waals surface area contributed by atoms with Crippen molar-refractivity contribution in [3.8, 4) is 11.5 Å². The average Bonchev–Trinajstić information content (AvgIpc) is 2.47. The van der Waals surface area contributed by atoms with Crippen molar-refractivity contribution in [2.45, 2.75) is 0 Å². The second-order valence-electron chi connectivity index (χ2n) is 3.97. The summed E-state index contributed by atoms with van der Waals surface area (Å²) in [6.07, 6.45) is 0. The van der Waals surface area contributed by atoms with E-state index >= 15 is 0 Å². The van der Waals surface area contributed by atoms with E-state index in [2.05, 4.69) is 0 Å². The number of rotatable bonds is 2. The zero-order valence-electron chi connectivity index (χ0n) is 13.1. The Bertz CT molecular complexity index is 621. The fraction of sp³-hybridized carbons (Fsp3) is 0. The van der Waals surface area contributed by atoms with Crippen molar-refractivity contribution >= 4 is 19.3 Å². The molecule has 0 aliphatic rings. The molecule has 0 spiro atoms. The standard InChI is InChI=1S/2C7H6O3.BH2O3.Na/c2*8-6-4-2-1-3-5(6)7(9)10;2-1(3)4;/h2*1-4,8H,(H,9,10);2-3H;/q;;-1;+1. The SMILES string of the molecule is O=C(O)c1ccccc1O.O=C(O)c1ccccc1O.[Na+].[O-]B(O)O. The van der Waals surface area contributed by atoms with E-state index in [-0.39, 0.29) is 52.2 Å². The Balaban J connectivity index is 0. The molecule has 0 amide bonds. The number of carbonyl (C=O) groups is 2. The zero-order chi connectivity index (χ0) is 18.7. The Morgan fingerprint density at radius 1 is 0.760 bits per heavy atom. The molecule has 0 saturated heterocycles. The number of benzene rings is 2. The van der Waals surface area contributed by atoms with Gasteiger partial charge in [0.15, 0.2) is 0 Å². The molecule has 0 radical (unpaired) electrons. The van der Waals surface area contributed by atoms with Gasteiger partial charge in [-0.1, -0.05) is 24.3 Å². The second-order valence-corrected chi connectivity index (χ2v) is 3.97. The molecule has 2 aromatic rings. The summed E-state index contributed by atoms with van der Waals surface area (Å²) in [4.78, 5) is 20.5. The fourth-order valence-electron chi connectivity index (χ4n) is 1.31. The Morgan fingerprint density at radius 3 is 1.16 bits per heavy atom. The van der Waals surface area contributed by atoms with Gasteiger partial charge in [0.05, 0.1) is 0 Å². The van der Waals surface area contributed by atoms with Gasteiger partial charge in [0.1, 0.15) is 22.6 Å². The Labute approximate surface area is 164 Å². The number of para-hydroxylation sites is 2. The number of phenols is 2. The van der Waals surface area contributed by atoms with Gasteiger partial charge in [0.2, 0.25) is 0 Å². The minimum absolute atomic E-state index is 0. The van der Waals surface area contributed by atoms with Gasteiger partial charge in [-0.2, -0.15) is 0 Å². The van der Waals surface area contributed by atoms with E-state index in [1.807, 2.05) is 0 Å². The molecule has 0 saturated carbocycles. The van der Waals surface area contributed by atoms with Crippen LogP contribution < -0.4 is 34.6 Å². The number of carboxylic acids is 2. The Kier molecular flexibility index (Phi) is 13.3. The van der Waals surface area contributed by atoms with E-state index in [9.17, 15) is 9.59 Å².